The molecule has 2 heterocycles. The van der Waals surface area contributed by atoms with E-state index in [1.807, 2.05) is 6.26 Å². The molecule has 0 radical (unpaired) electrons. The van der Waals surface area contributed by atoms with Gasteiger partial charge < -0.3 is 54.7 Å². The summed E-state index contributed by atoms with van der Waals surface area (Å²) in [7, 11) is 0. The molecule has 170 valence electrons. The minimum absolute atomic E-state index is 0.0707. The molecule has 7 N–H and O–H groups in total. The summed E-state index contributed by atoms with van der Waals surface area (Å²) in [6, 6.07) is 0. The average molecular weight is 442 g/mol. The lowest BCUT2D eigenvalue weighted by Gasteiger charge is -2.46. The van der Waals surface area contributed by atoms with Gasteiger partial charge in [0.05, 0.1) is 19.8 Å². The second kappa shape index (κ2) is 11.3. The van der Waals surface area contributed by atoms with Crippen LogP contribution in [0.2, 0.25) is 0 Å². The molecule has 29 heavy (non-hydrogen) atoms. The normalized spacial score (nSPS) is 44.4. The zero-order valence-corrected chi connectivity index (χ0v) is 16.7. The molecular weight excluding hydrogens is 412 g/mol. The van der Waals surface area contributed by atoms with Gasteiger partial charge in [-0.1, -0.05) is 6.08 Å². The van der Waals surface area contributed by atoms with Gasteiger partial charge in [-0.05, 0) is 6.26 Å². The van der Waals surface area contributed by atoms with Gasteiger partial charge in [-0.25, -0.2) is 0 Å². The molecular formula is C17H30O11S. The van der Waals surface area contributed by atoms with Gasteiger partial charge in [0, 0.05) is 5.25 Å². The first kappa shape index (κ1) is 24.9. The number of ether oxygens (including phenoxy) is 4. The topological polar surface area (TPSA) is 179 Å². The molecule has 11 atom stereocenters. The van der Waals surface area contributed by atoms with Crippen molar-refractivity contribution >= 4 is 11.8 Å². The van der Waals surface area contributed by atoms with Crippen molar-refractivity contribution in [3.63, 3.8) is 0 Å². The number of aliphatic hydroxyl groups is 7. The summed E-state index contributed by atoms with van der Waals surface area (Å²) in [5.74, 6) is 0. The maximum Gasteiger partial charge on any atom is 0.187 e. The third-order valence-corrected chi connectivity index (χ3v) is 5.88. The maximum atomic E-state index is 10.5. The Morgan fingerprint density at radius 3 is 2.03 bits per heavy atom. The molecule has 0 aliphatic carbocycles. The van der Waals surface area contributed by atoms with Gasteiger partial charge in [-0.3, -0.25) is 0 Å². The summed E-state index contributed by atoms with van der Waals surface area (Å²) in [6.07, 6.45) is -11.1. The standard InChI is InChI=1S/C17H30O11S/c1-3-7(29-2)6-25-16-14(24)12(22)15(9(5-19)27-16)28-17-13(23)11(21)10(20)8(4-18)26-17/h3,7-24H,1,4-6H2,2H3/t7?,8?,9?,10-,11+,12-,13?,14?,15-,16-,17+/m1/s1. The van der Waals surface area contributed by atoms with Crippen LogP contribution in [0.5, 0.6) is 0 Å². The van der Waals surface area contributed by atoms with Gasteiger partial charge in [-0.2, -0.15) is 11.8 Å². The van der Waals surface area contributed by atoms with Crippen LogP contribution in [0.1, 0.15) is 0 Å². The fraction of sp³-hybridized carbons (Fsp3) is 0.882. The monoisotopic (exact) mass is 442 g/mol. The fourth-order valence-electron chi connectivity index (χ4n) is 3.12. The van der Waals surface area contributed by atoms with E-state index in [1.165, 1.54) is 11.8 Å². The van der Waals surface area contributed by atoms with Crippen LogP contribution < -0.4 is 0 Å². The maximum absolute atomic E-state index is 10.5. The number of thioether (sulfide) groups is 1. The van der Waals surface area contributed by atoms with Crippen molar-refractivity contribution in [1.82, 2.24) is 0 Å². The third kappa shape index (κ3) is 5.67. The smallest absolute Gasteiger partial charge is 0.187 e. The molecule has 0 spiro atoms. The molecule has 0 amide bonds. The van der Waals surface area contributed by atoms with Gasteiger partial charge in [-0.15, -0.1) is 6.58 Å². The van der Waals surface area contributed by atoms with Gasteiger partial charge >= 0.3 is 0 Å². The van der Waals surface area contributed by atoms with Crippen molar-refractivity contribution in [3.8, 4) is 0 Å². The second-order valence-electron chi connectivity index (χ2n) is 6.85. The Morgan fingerprint density at radius 2 is 1.48 bits per heavy atom. The van der Waals surface area contributed by atoms with E-state index in [-0.39, 0.29) is 11.9 Å². The van der Waals surface area contributed by atoms with Gasteiger partial charge in [0.1, 0.15) is 48.8 Å². The molecule has 2 aliphatic heterocycles. The Kier molecular flexibility index (Phi) is 9.73. The van der Waals surface area contributed by atoms with Crippen LogP contribution in [-0.4, -0.2) is 128 Å². The minimum atomic E-state index is -1.71. The van der Waals surface area contributed by atoms with Crippen LogP contribution in [0.4, 0.5) is 0 Å². The van der Waals surface area contributed by atoms with E-state index < -0.39 is 74.6 Å². The Bertz CT molecular complexity index is 508. The molecule has 2 aliphatic rings. The van der Waals surface area contributed by atoms with E-state index in [1.54, 1.807) is 6.08 Å². The van der Waals surface area contributed by atoms with Crippen LogP contribution >= 0.6 is 11.8 Å². The molecule has 0 aromatic heterocycles. The van der Waals surface area contributed by atoms with Crippen molar-refractivity contribution in [2.45, 2.75) is 66.7 Å². The predicted octanol–water partition coefficient (Wildman–Crippen LogP) is -3.46. The first-order valence-corrected chi connectivity index (χ1v) is 10.4. The average Bonchev–Trinajstić information content (AvgIpc) is 2.73. The SMILES string of the molecule is C=CC(CO[C@@H]1OC(CO)[C@@H](O[C@@H]2OC(CO)[C@@H](O)[C@H](O)C2O)[C@H](O)C1O)SC. The Balaban J connectivity index is 2.06. The van der Waals surface area contributed by atoms with Crippen molar-refractivity contribution in [1.29, 1.82) is 0 Å². The summed E-state index contributed by atoms with van der Waals surface area (Å²) in [5.41, 5.74) is 0. The zero-order valence-electron chi connectivity index (χ0n) is 15.9. The highest BCUT2D eigenvalue weighted by molar-refractivity contribution is 7.99. The van der Waals surface area contributed by atoms with Gasteiger partial charge in [0.15, 0.2) is 12.6 Å². The highest BCUT2D eigenvalue weighted by Gasteiger charge is 2.50. The largest absolute Gasteiger partial charge is 0.394 e. The minimum Gasteiger partial charge on any atom is -0.394 e. The van der Waals surface area contributed by atoms with E-state index in [9.17, 15) is 35.7 Å². The molecule has 0 aromatic carbocycles. The zero-order chi connectivity index (χ0) is 21.7. The molecule has 0 aromatic rings. The van der Waals surface area contributed by atoms with Crippen molar-refractivity contribution in [3.05, 3.63) is 12.7 Å². The third-order valence-electron chi connectivity index (χ3n) is 4.95. The number of aliphatic hydroxyl groups excluding tert-OH is 7. The van der Waals surface area contributed by atoms with E-state index in [4.69, 9.17) is 18.9 Å². The van der Waals surface area contributed by atoms with E-state index in [0.717, 1.165) is 0 Å². The first-order chi connectivity index (χ1) is 13.8. The highest BCUT2D eigenvalue weighted by atomic mass is 32.2. The molecule has 11 nitrogen and oxygen atoms in total. The number of hydrogen-bond donors (Lipinski definition) is 7. The Labute approximate surface area is 172 Å². The van der Waals surface area contributed by atoms with Crippen LogP contribution in [0.15, 0.2) is 12.7 Å². The summed E-state index contributed by atoms with van der Waals surface area (Å²) >= 11 is 1.47. The van der Waals surface area contributed by atoms with Crippen molar-refractivity contribution in [2.75, 3.05) is 26.1 Å². The lowest BCUT2D eigenvalue weighted by atomic mass is 9.97. The molecule has 0 bridgehead atoms. The van der Waals surface area contributed by atoms with E-state index >= 15 is 0 Å². The lowest BCUT2D eigenvalue weighted by Crippen LogP contribution is -2.64. The second-order valence-corrected chi connectivity index (χ2v) is 7.92. The summed E-state index contributed by atoms with van der Waals surface area (Å²) in [5, 5.41) is 69.4. The Hall–Kier alpha value is -0.350. The predicted molar refractivity (Wildman–Crippen MR) is 99.9 cm³/mol. The van der Waals surface area contributed by atoms with E-state index in [0.29, 0.717) is 0 Å². The highest BCUT2D eigenvalue weighted by Crippen LogP contribution is 2.29. The van der Waals surface area contributed by atoms with Crippen LogP contribution in [0, 0.1) is 0 Å². The van der Waals surface area contributed by atoms with E-state index in [2.05, 4.69) is 6.58 Å². The van der Waals surface area contributed by atoms with Crippen molar-refractivity contribution < 1.29 is 54.7 Å². The molecule has 2 rings (SSSR count). The quantitative estimate of drug-likeness (QED) is 0.176. The van der Waals surface area contributed by atoms with Crippen LogP contribution in [0.25, 0.3) is 0 Å². The lowest BCUT2D eigenvalue weighted by molar-refractivity contribution is -0.359. The molecule has 5 unspecified atom stereocenters. The Morgan fingerprint density at radius 1 is 0.897 bits per heavy atom. The van der Waals surface area contributed by atoms with Gasteiger partial charge in [0.2, 0.25) is 0 Å². The first-order valence-electron chi connectivity index (χ1n) is 9.14. The molecule has 0 saturated carbocycles. The summed E-state index contributed by atoms with van der Waals surface area (Å²) < 4.78 is 21.7. The molecule has 2 saturated heterocycles. The summed E-state index contributed by atoms with van der Waals surface area (Å²) in [4.78, 5) is 0. The number of rotatable bonds is 9. The van der Waals surface area contributed by atoms with Gasteiger partial charge in [0.25, 0.3) is 0 Å². The number of hydrogen-bond acceptors (Lipinski definition) is 12. The molecule has 2 fully saturated rings. The van der Waals surface area contributed by atoms with Crippen LogP contribution in [0.3, 0.4) is 0 Å². The van der Waals surface area contributed by atoms with Crippen molar-refractivity contribution in [2.24, 2.45) is 0 Å². The van der Waals surface area contributed by atoms with Crippen LogP contribution in [-0.2, 0) is 18.9 Å². The summed E-state index contributed by atoms with van der Waals surface area (Å²) in [6.45, 7) is 2.54. The fourth-order valence-corrected chi connectivity index (χ4v) is 3.52. The molecule has 12 heteroatoms.